The Bertz CT molecular complexity index is 1430. The van der Waals surface area contributed by atoms with E-state index >= 15 is 0 Å². The summed E-state index contributed by atoms with van der Waals surface area (Å²) in [7, 11) is -1.74. The zero-order valence-corrected chi connectivity index (χ0v) is 30.2. The Morgan fingerprint density at radius 3 is 2.04 bits per heavy atom. The molecule has 4 rings (SSSR count). The molecule has 0 unspecified atom stereocenters. The van der Waals surface area contributed by atoms with Crippen LogP contribution in [-0.2, 0) is 14.6 Å². The van der Waals surface area contributed by atoms with E-state index in [1.165, 1.54) is 24.1 Å². The van der Waals surface area contributed by atoms with E-state index in [0.29, 0.717) is 18.8 Å². The average molecular weight is 630 g/mol. The lowest BCUT2D eigenvalue weighted by Crippen LogP contribution is -2.41. The van der Waals surface area contributed by atoms with Gasteiger partial charge in [-0.3, -0.25) is 0 Å². The third kappa shape index (κ3) is 8.80. The summed E-state index contributed by atoms with van der Waals surface area (Å²) in [5, 5.41) is 0.218. The maximum Gasteiger partial charge on any atom is 0.338 e. The zero-order chi connectivity index (χ0) is 32.8. The van der Waals surface area contributed by atoms with Gasteiger partial charge in [-0.1, -0.05) is 65.8 Å². The molecule has 0 aromatic heterocycles. The number of rotatable bonds is 12. The Labute approximate surface area is 273 Å². The SMILES string of the molecule is CCOC(=O)c1ccc(-c2ccc(OCCCCO[Si](C)(C)C(C)(C)C)c(-c3ccc(N4CCCC4)c(C(C)(C)C)c3)c2)cc1. The molecular weight excluding hydrogens is 575 g/mol. The predicted molar refractivity (Wildman–Crippen MR) is 191 cm³/mol. The first-order chi connectivity index (χ1) is 21.2. The summed E-state index contributed by atoms with van der Waals surface area (Å²) in [6.07, 6.45) is 4.42. The van der Waals surface area contributed by atoms with Gasteiger partial charge in [0.25, 0.3) is 0 Å². The second-order valence-corrected chi connectivity index (χ2v) is 19.7. The molecule has 45 heavy (non-hydrogen) atoms. The van der Waals surface area contributed by atoms with Gasteiger partial charge < -0.3 is 18.8 Å². The number of anilines is 1. The van der Waals surface area contributed by atoms with Crippen LogP contribution in [0.15, 0.2) is 60.7 Å². The van der Waals surface area contributed by atoms with E-state index in [0.717, 1.165) is 60.5 Å². The second-order valence-electron chi connectivity index (χ2n) is 14.8. The highest BCUT2D eigenvalue weighted by molar-refractivity contribution is 6.74. The van der Waals surface area contributed by atoms with Crippen molar-refractivity contribution in [3.05, 3.63) is 71.8 Å². The minimum absolute atomic E-state index is 0.000359. The van der Waals surface area contributed by atoms with Gasteiger partial charge >= 0.3 is 5.97 Å². The number of carbonyl (C=O) groups is 1. The van der Waals surface area contributed by atoms with E-state index < -0.39 is 8.32 Å². The van der Waals surface area contributed by atoms with Crippen LogP contribution in [0.1, 0.15) is 90.1 Å². The Morgan fingerprint density at radius 2 is 1.42 bits per heavy atom. The van der Waals surface area contributed by atoms with Gasteiger partial charge in [0.15, 0.2) is 8.32 Å². The fraction of sp³-hybridized carbons (Fsp3) is 0.513. The smallest absolute Gasteiger partial charge is 0.338 e. The fourth-order valence-corrected chi connectivity index (χ4v) is 6.63. The van der Waals surface area contributed by atoms with E-state index in [1.807, 2.05) is 31.2 Å². The first-order valence-electron chi connectivity index (χ1n) is 16.8. The standard InChI is InChI=1S/C39H55NO4Si/c1-10-42-37(41)30-17-15-29(16-18-30)31-20-22-36(43-25-13-14-26-44-45(8,9)39(5,6)7)33(27-31)32-19-21-35(40-23-11-12-24-40)34(28-32)38(2,3)4/h15-22,27-28H,10-14,23-26H2,1-9H3. The first kappa shape index (κ1) is 34.8. The lowest BCUT2D eigenvalue weighted by atomic mass is 9.83. The van der Waals surface area contributed by atoms with Crippen molar-refractivity contribution in [1.82, 2.24) is 0 Å². The molecule has 6 heteroatoms. The maximum atomic E-state index is 12.2. The normalized spacial score (nSPS) is 14.1. The van der Waals surface area contributed by atoms with Crippen LogP contribution in [0, 0.1) is 0 Å². The minimum Gasteiger partial charge on any atom is -0.493 e. The molecule has 1 aliphatic rings. The fourth-order valence-electron chi connectivity index (χ4n) is 5.54. The van der Waals surface area contributed by atoms with Crippen molar-refractivity contribution in [3.8, 4) is 28.0 Å². The number of nitrogens with zero attached hydrogens (tertiary/aromatic N) is 1. The third-order valence-electron chi connectivity index (χ3n) is 9.34. The number of ether oxygens (including phenoxy) is 2. The van der Waals surface area contributed by atoms with E-state index in [1.54, 1.807) is 0 Å². The maximum absolute atomic E-state index is 12.2. The number of esters is 1. The summed E-state index contributed by atoms with van der Waals surface area (Å²) in [5.74, 6) is 0.594. The van der Waals surface area contributed by atoms with Crippen LogP contribution >= 0.6 is 0 Å². The molecule has 5 nitrogen and oxygen atoms in total. The van der Waals surface area contributed by atoms with Gasteiger partial charge in [0.2, 0.25) is 0 Å². The van der Waals surface area contributed by atoms with Gasteiger partial charge in [-0.15, -0.1) is 0 Å². The van der Waals surface area contributed by atoms with Crippen molar-refractivity contribution in [2.75, 3.05) is 37.8 Å². The van der Waals surface area contributed by atoms with Crippen molar-refractivity contribution < 1.29 is 18.7 Å². The first-order valence-corrected chi connectivity index (χ1v) is 19.7. The van der Waals surface area contributed by atoms with Crippen molar-refractivity contribution >= 4 is 20.0 Å². The number of unbranched alkanes of at least 4 members (excludes halogenated alkanes) is 1. The van der Waals surface area contributed by atoms with E-state index in [9.17, 15) is 4.79 Å². The second kappa shape index (κ2) is 14.6. The van der Waals surface area contributed by atoms with Crippen LogP contribution in [-0.4, -0.2) is 47.2 Å². The molecule has 0 N–H and O–H groups in total. The molecule has 3 aromatic carbocycles. The van der Waals surface area contributed by atoms with Gasteiger partial charge in [-0.05, 0) is 115 Å². The monoisotopic (exact) mass is 629 g/mol. The Hall–Kier alpha value is -3.09. The largest absolute Gasteiger partial charge is 0.493 e. The van der Waals surface area contributed by atoms with E-state index in [-0.39, 0.29) is 16.4 Å². The molecule has 1 saturated heterocycles. The van der Waals surface area contributed by atoms with Crippen LogP contribution in [0.4, 0.5) is 5.69 Å². The molecule has 0 aliphatic carbocycles. The molecular formula is C39H55NO4Si. The van der Waals surface area contributed by atoms with Crippen LogP contribution < -0.4 is 9.64 Å². The topological polar surface area (TPSA) is 48.0 Å². The van der Waals surface area contributed by atoms with Gasteiger partial charge in [-0.2, -0.15) is 0 Å². The molecule has 0 radical (unpaired) electrons. The highest BCUT2D eigenvalue weighted by Crippen LogP contribution is 2.41. The predicted octanol–water partition coefficient (Wildman–Crippen LogP) is 10.3. The third-order valence-corrected chi connectivity index (χ3v) is 13.9. The van der Waals surface area contributed by atoms with Crippen molar-refractivity contribution in [3.63, 3.8) is 0 Å². The molecule has 1 aliphatic heterocycles. The summed E-state index contributed by atoms with van der Waals surface area (Å²) < 4.78 is 18.1. The molecule has 0 spiro atoms. The molecule has 0 amide bonds. The molecule has 0 atom stereocenters. The van der Waals surface area contributed by atoms with Gasteiger partial charge in [0, 0.05) is 30.9 Å². The zero-order valence-electron chi connectivity index (χ0n) is 29.2. The van der Waals surface area contributed by atoms with Gasteiger partial charge in [0.1, 0.15) is 5.75 Å². The van der Waals surface area contributed by atoms with E-state index in [2.05, 4.69) is 95.9 Å². The van der Waals surface area contributed by atoms with Crippen LogP contribution in [0.2, 0.25) is 18.1 Å². The van der Waals surface area contributed by atoms with Crippen LogP contribution in [0.25, 0.3) is 22.3 Å². The minimum atomic E-state index is -1.74. The van der Waals surface area contributed by atoms with Crippen LogP contribution in [0.5, 0.6) is 5.75 Å². The highest BCUT2D eigenvalue weighted by Gasteiger charge is 2.36. The highest BCUT2D eigenvalue weighted by atomic mass is 28.4. The molecule has 244 valence electrons. The number of benzene rings is 3. The van der Waals surface area contributed by atoms with Crippen molar-refractivity contribution in [2.45, 2.75) is 97.7 Å². The Balaban J connectivity index is 1.61. The molecule has 0 bridgehead atoms. The van der Waals surface area contributed by atoms with Gasteiger partial charge in [-0.25, -0.2) is 4.79 Å². The van der Waals surface area contributed by atoms with Crippen molar-refractivity contribution in [1.29, 1.82) is 0 Å². The summed E-state index contributed by atoms with van der Waals surface area (Å²) in [6, 6.07) is 21.0. The van der Waals surface area contributed by atoms with Gasteiger partial charge in [0.05, 0.1) is 18.8 Å². The van der Waals surface area contributed by atoms with Crippen molar-refractivity contribution in [2.24, 2.45) is 0 Å². The molecule has 1 heterocycles. The average Bonchev–Trinajstić information content (AvgIpc) is 3.53. The summed E-state index contributed by atoms with van der Waals surface area (Å²) >= 11 is 0. The summed E-state index contributed by atoms with van der Waals surface area (Å²) in [4.78, 5) is 14.8. The van der Waals surface area contributed by atoms with Crippen LogP contribution in [0.3, 0.4) is 0 Å². The van der Waals surface area contributed by atoms with E-state index in [4.69, 9.17) is 13.9 Å². The summed E-state index contributed by atoms with van der Waals surface area (Å²) in [6.45, 7) is 24.2. The number of carbonyl (C=O) groups excluding carboxylic acids is 1. The lowest BCUT2D eigenvalue weighted by Gasteiger charge is -2.36. The number of hydrogen-bond acceptors (Lipinski definition) is 5. The number of hydrogen-bond donors (Lipinski definition) is 0. The summed E-state index contributed by atoms with van der Waals surface area (Å²) in [5.41, 5.74) is 7.63. The lowest BCUT2D eigenvalue weighted by molar-refractivity contribution is 0.0526. The molecule has 0 saturated carbocycles. The molecule has 3 aromatic rings. The quantitative estimate of drug-likeness (QED) is 0.113. The molecule has 1 fully saturated rings. The Kier molecular flexibility index (Phi) is 11.2. The Morgan fingerprint density at radius 1 is 0.800 bits per heavy atom.